The smallest absolute Gasteiger partial charge is 0.0589 e. The van der Waals surface area contributed by atoms with Gasteiger partial charge in [0.2, 0.25) is 0 Å². The summed E-state index contributed by atoms with van der Waals surface area (Å²) in [5.74, 6) is 3.61. The lowest BCUT2D eigenvalue weighted by molar-refractivity contribution is 0.119. The highest BCUT2D eigenvalue weighted by molar-refractivity contribution is 4.89. The predicted octanol–water partition coefficient (Wildman–Crippen LogP) is 1.76. The van der Waals surface area contributed by atoms with Gasteiger partial charge >= 0.3 is 0 Å². The van der Waals surface area contributed by atoms with Crippen molar-refractivity contribution in [2.24, 2.45) is 5.92 Å². The third-order valence-electron chi connectivity index (χ3n) is 3.01. The molecule has 1 fully saturated rings. The molecular formula is C12H21NO. The Hall–Kier alpha value is -0.520. The minimum Gasteiger partial charge on any atom is -0.383 e. The van der Waals surface area contributed by atoms with Crippen LogP contribution in [0.2, 0.25) is 0 Å². The Kier molecular flexibility index (Phi) is 5.00. The molecule has 0 amide bonds. The fourth-order valence-electron chi connectivity index (χ4n) is 1.81. The summed E-state index contributed by atoms with van der Waals surface area (Å²) in [6, 6.07) is 0.679. The molecule has 1 rings (SSSR count). The predicted molar refractivity (Wildman–Crippen MR) is 59.1 cm³/mol. The molecule has 0 spiro atoms. The van der Waals surface area contributed by atoms with Gasteiger partial charge in [-0.2, -0.15) is 0 Å². The molecule has 0 heterocycles. The second kappa shape index (κ2) is 6.06. The lowest BCUT2D eigenvalue weighted by Crippen LogP contribution is -2.37. The zero-order chi connectivity index (χ0) is 10.4. The summed E-state index contributed by atoms with van der Waals surface area (Å²) >= 11 is 0. The molecule has 1 aliphatic carbocycles. The number of hydrogen-bond acceptors (Lipinski definition) is 2. The molecule has 0 aliphatic heterocycles. The topological polar surface area (TPSA) is 12.5 Å². The van der Waals surface area contributed by atoms with E-state index >= 15 is 0 Å². The molecule has 0 radical (unpaired) electrons. The van der Waals surface area contributed by atoms with Crippen LogP contribution in [0.25, 0.3) is 0 Å². The molecule has 1 atom stereocenters. The van der Waals surface area contributed by atoms with Crippen LogP contribution in [-0.2, 0) is 4.74 Å². The summed E-state index contributed by atoms with van der Waals surface area (Å²) in [5.41, 5.74) is 0. The number of ether oxygens (including phenoxy) is 1. The average molecular weight is 195 g/mol. The minimum atomic E-state index is 0.679. The van der Waals surface area contributed by atoms with Crippen molar-refractivity contribution in [3.05, 3.63) is 0 Å². The molecule has 1 saturated carbocycles. The van der Waals surface area contributed by atoms with Crippen LogP contribution in [0.3, 0.4) is 0 Å². The number of rotatable bonds is 7. The van der Waals surface area contributed by atoms with Gasteiger partial charge in [0.1, 0.15) is 0 Å². The van der Waals surface area contributed by atoms with Gasteiger partial charge in [-0.1, -0.05) is 0 Å². The van der Waals surface area contributed by atoms with E-state index in [0.29, 0.717) is 6.04 Å². The fourth-order valence-corrected chi connectivity index (χ4v) is 1.81. The van der Waals surface area contributed by atoms with Crippen molar-refractivity contribution in [2.45, 2.75) is 32.2 Å². The summed E-state index contributed by atoms with van der Waals surface area (Å²) in [7, 11) is 1.75. The van der Waals surface area contributed by atoms with Crippen molar-refractivity contribution in [3.63, 3.8) is 0 Å². The van der Waals surface area contributed by atoms with Crippen molar-refractivity contribution in [3.8, 4) is 12.3 Å². The molecule has 0 N–H and O–H groups in total. The van der Waals surface area contributed by atoms with Gasteiger partial charge in [-0.05, 0) is 25.7 Å². The SMILES string of the molecule is C#CCCN(CCOC)C(C)C1CC1. The minimum absolute atomic E-state index is 0.679. The van der Waals surface area contributed by atoms with E-state index < -0.39 is 0 Å². The first kappa shape index (κ1) is 11.6. The molecule has 0 aromatic heterocycles. The maximum Gasteiger partial charge on any atom is 0.0589 e. The van der Waals surface area contributed by atoms with E-state index in [-0.39, 0.29) is 0 Å². The Bertz CT molecular complexity index is 193. The Morgan fingerprint density at radius 3 is 2.71 bits per heavy atom. The van der Waals surface area contributed by atoms with E-state index in [1.807, 2.05) is 0 Å². The standard InChI is InChI=1S/C12H21NO/c1-4-5-8-13(9-10-14-3)11(2)12-6-7-12/h1,11-12H,5-10H2,2-3H3. The molecule has 0 aromatic rings. The van der Waals surface area contributed by atoms with Gasteiger partial charge in [0.25, 0.3) is 0 Å². The average Bonchev–Trinajstić information content (AvgIpc) is 3.00. The van der Waals surface area contributed by atoms with Gasteiger partial charge in [-0.15, -0.1) is 12.3 Å². The lowest BCUT2D eigenvalue weighted by atomic mass is 10.1. The first-order valence-corrected chi connectivity index (χ1v) is 5.46. The summed E-state index contributed by atoms with van der Waals surface area (Å²) in [4.78, 5) is 2.46. The Labute approximate surface area is 87.6 Å². The third kappa shape index (κ3) is 3.69. The van der Waals surface area contributed by atoms with Gasteiger partial charge in [0.15, 0.2) is 0 Å². The van der Waals surface area contributed by atoms with Crippen LogP contribution in [0.5, 0.6) is 0 Å². The Balaban J connectivity index is 2.30. The lowest BCUT2D eigenvalue weighted by Gasteiger charge is -2.28. The van der Waals surface area contributed by atoms with Gasteiger partial charge in [0.05, 0.1) is 6.61 Å². The highest BCUT2D eigenvalue weighted by atomic mass is 16.5. The zero-order valence-corrected chi connectivity index (χ0v) is 9.33. The maximum absolute atomic E-state index is 5.29. The fraction of sp³-hybridized carbons (Fsp3) is 0.833. The van der Waals surface area contributed by atoms with E-state index in [2.05, 4.69) is 17.7 Å². The highest BCUT2D eigenvalue weighted by Crippen LogP contribution is 2.35. The molecule has 1 unspecified atom stereocenters. The van der Waals surface area contributed by atoms with Crippen molar-refractivity contribution in [1.29, 1.82) is 0 Å². The van der Waals surface area contributed by atoms with Crippen LogP contribution in [0.1, 0.15) is 26.2 Å². The Morgan fingerprint density at radius 1 is 1.50 bits per heavy atom. The van der Waals surface area contributed by atoms with Crippen LogP contribution in [0.15, 0.2) is 0 Å². The molecule has 2 heteroatoms. The molecule has 2 nitrogen and oxygen atoms in total. The van der Waals surface area contributed by atoms with Crippen molar-refractivity contribution >= 4 is 0 Å². The van der Waals surface area contributed by atoms with Gasteiger partial charge < -0.3 is 4.74 Å². The first-order valence-electron chi connectivity index (χ1n) is 5.46. The van der Waals surface area contributed by atoms with Crippen LogP contribution in [0, 0.1) is 18.3 Å². The Morgan fingerprint density at radius 2 is 2.21 bits per heavy atom. The van der Waals surface area contributed by atoms with Crippen LogP contribution < -0.4 is 0 Å². The van der Waals surface area contributed by atoms with Gasteiger partial charge in [0, 0.05) is 32.7 Å². The quantitative estimate of drug-likeness (QED) is 0.574. The molecular weight excluding hydrogens is 174 g/mol. The molecule has 80 valence electrons. The summed E-state index contributed by atoms with van der Waals surface area (Å²) < 4.78 is 5.11. The van der Waals surface area contributed by atoms with Crippen LogP contribution in [-0.4, -0.2) is 37.7 Å². The monoisotopic (exact) mass is 195 g/mol. The van der Waals surface area contributed by atoms with E-state index in [0.717, 1.165) is 32.0 Å². The summed E-state index contributed by atoms with van der Waals surface area (Å²) in [6.07, 6.45) is 8.92. The largest absolute Gasteiger partial charge is 0.383 e. The van der Waals surface area contributed by atoms with Gasteiger partial charge in [-0.25, -0.2) is 0 Å². The van der Waals surface area contributed by atoms with Gasteiger partial charge in [-0.3, -0.25) is 4.90 Å². The maximum atomic E-state index is 5.29. The molecule has 14 heavy (non-hydrogen) atoms. The van der Waals surface area contributed by atoms with Crippen molar-refractivity contribution in [2.75, 3.05) is 26.8 Å². The van der Waals surface area contributed by atoms with E-state index in [9.17, 15) is 0 Å². The molecule has 1 aliphatic rings. The van der Waals surface area contributed by atoms with Crippen LogP contribution >= 0.6 is 0 Å². The summed E-state index contributed by atoms with van der Waals surface area (Å²) in [6.45, 7) is 5.14. The molecule has 0 saturated heterocycles. The summed E-state index contributed by atoms with van der Waals surface area (Å²) in [5, 5.41) is 0. The highest BCUT2D eigenvalue weighted by Gasteiger charge is 2.31. The van der Waals surface area contributed by atoms with E-state index in [4.69, 9.17) is 11.2 Å². The number of nitrogens with zero attached hydrogens (tertiary/aromatic N) is 1. The van der Waals surface area contributed by atoms with E-state index in [1.54, 1.807) is 7.11 Å². The second-order valence-electron chi connectivity index (χ2n) is 4.06. The van der Waals surface area contributed by atoms with Crippen LogP contribution in [0.4, 0.5) is 0 Å². The first-order chi connectivity index (χ1) is 6.79. The van der Waals surface area contributed by atoms with E-state index in [1.165, 1.54) is 12.8 Å². The second-order valence-corrected chi connectivity index (χ2v) is 4.06. The zero-order valence-electron chi connectivity index (χ0n) is 9.33. The third-order valence-corrected chi connectivity index (χ3v) is 3.01. The van der Waals surface area contributed by atoms with Crippen molar-refractivity contribution in [1.82, 2.24) is 4.90 Å². The van der Waals surface area contributed by atoms with Crippen molar-refractivity contribution < 1.29 is 4.74 Å². The molecule has 0 aromatic carbocycles. The normalized spacial score (nSPS) is 18.1. The number of methoxy groups -OCH3 is 1. The number of terminal acetylenes is 1. The number of hydrogen-bond donors (Lipinski definition) is 0. The molecule has 0 bridgehead atoms.